The van der Waals surface area contributed by atoms with Crippen molar-refractivity contribution in [2.24, 2.45) is 5.92 Å². The molecule has 3 aromatic rings. The number of carbonyl (C=O) groups excluding carboxylic acids is 1. The molecule has 5 nitrogen and oxygen atoms in total. The number of hydrogen-bond donors (Lipinski definition) is 1. The van der Waals surface area contributed by atoms with Gasteiger partial charge in [-0.05, 0) is 73.6 Å². The van der Waals surface area contributed by atoms with Gasteiger partial charge in [0.25, 0.3) is 0 Å². The summed E-state index contributed by atoms with van der Waals surface area (Å²) in [6.07, 6.45) is 1.26. The number of nitrogens with one attached hydrogen (secondary N) is 1. The van der Waals surface area contributed by atoms with Crippen molar-refractivity contribution in [3.8, 4) is 0 Å². The Labute approximate surface area is 236 Å². The Morgan fingerprint density at radius 2 is 1.43 bits per heavy atom. The second-order valence-electron chi connectivity index (χ2n) is 11.1. The summed E-state index contributed by atoms with van der Waals surface area (Å²) in [6.45, 7) is 7.82. The normalized spacial score (nSPS) is 21.5. The number of halogens is 2. The van der Waals surface area contributed by atoms with Crippen LogP contribution in [0.3, 0.4) is 0 Å². The molecule has 3 unspecified atom stereocenters. The largest absolute Gasteiger partial charge is 0.359 e. The van der Waals surface area contributed by atoms with E-state index in [0.717, 1.165) is 25.9 Å². The SMILES string of the molecule is CC1NCCN(C(c2ccccc2)C2CCN(C(=O)COC(c3ccc(F)cc3)c3ccc(F)cc3)CC2)C1C. The zero-order valence-corrected chi connectivity index (χ0v) is 23.3. The molecule has 2 heterocycles. The molecule has 2 aliphatic heterocycles. The molecule has 0 saturated carbocycles. The van der Waals surface area contributed by atoms with E-state index in [0.29, 0.717) is 48.3 Å². The number of nitrogens with zero attached hydrogens (tertiary/aromatic N) is 2. The van der Waals surface area contributed by atoms with Gasteiger partial charge in [0.2, 0.25) is 5.91 Å². The van der Waals surface area contributed by atoms with E-state index in [-0.39, 0.29) is 24.1 Å². The van der Waals surface area contributed by atoms with Crippen LogP contribution in [0.15, 0.2) is 78.9 Å². The number of likely N-dealkylation sites (tertiary alicyclic amines) is 1. The molecule has 1 N–H and O–H groups in total. The molecule has 3 aromatic carbocycles. The number of amides is 1. The van der Waals surface area contributed by atoms with Crippen molar-refractivity contribution < 1.29 is 18.3 Å². The first-order valence-corrected chi connectivity index (χ1v) is 14.3. The van der Waals surface area contributed by atoms with Crippen molar-refractivity contribution >= 4 is 5.91 Å². The Hall–Kier alpha value is -3.13. The first kappa shape index (κ1) is 28.4. The smallest absolute Gasteiger partial charge is 0.248 e. The third-order valence-corrected chi connectivity index (χ3v) is 8.64. The highest BCUT2D eigenvalue weighted by Gasteiger charge is 2.37. The van der Waals surface area contributed by atoms with Gasteiger partial charge >= 0.3 is 0 Å². The van der Waals surface area contributed by atoms with Crippen molar-refractivity contribution in [2.75, 3.05) is 32.8 Å². The van der Waals surface area contributed by atoms with Crippen LogP contribution in [0.1, 0.15) is 55.5 Å². The first-order valence-electron chi connectivity index (χ1n) is 14.3. The molecule has 1 amide bonds. The predicted octanol–water partition coefficient (Wildman–Crippen LogP) is 5.73. The third kappa shape index (κ3) is 6.60. The summed E-state index contributed by atoms with van der Waals surface area (Å²) in [5.74, 6) is -0.308. The monoisotopic (exact) mass is 547 g/mol. The minimum Gasteiger partial charge on any atom is -0.359 e. The lowest BCUT2D eigenvalue weighted by Gasteiger charge is -2.48. The van der Waals surface area contributed by atoms with Crippen LogP contribution < -0.4 is 5.32 Å². The summed E-state index contributed by atoms with van der Waals surface area (Å²) in [6, 6.07) is 24.0. The highest BCUT2D eigenvalue weighted by molar-refractivity contribution is 5.77. The molecular weight excluding hydrogens is 508 g/mol. The topological polar surface area (TPSA) is 44.8 Å². The lowest BCUT2D eigenvalue weighted by atomic mass is 9.82. The van der Waals surface area contributed by atoms with Gasteiger partial charge in [-0.25, -0.2) is 8.78 Å². The van der Waals surface area contributed by atoms with E-state index in [1.54, 1.807) is 24.3 Å². The van der Waals surface area contributed by atoms with Gasteiger partial charge in [-0.3, -0.25) is 9.69 Å². The highest BCUT2D eigenvalue weighted by atomic mass is 19.1. The predicted molar refractivity (Wildman–Crippen MR) is 153 cm³/mol. The summed E-state index contributed by atoms with van der Waals surface area (Å²) in [4.78, 5) is 17.8. The molecular formula is C33H39F2N3O2. The lowest BCUT2D eigenvalue weighted by Crippen LogP contribution is -2.57. The van der Waals surface area contributed by atoms with Crippen LogP contribution in [0.2, 0.25) is 0 Å². The summed E-state index contributed by atoms with van der Waals surface area (Å²) in [5.41, 5.74) is 2.77. The lowest BCUT2D eigenvalue weighted by molar-refractivity contribution is -0.139. The summed E-state index contributed by atoms with van der Waals surface area (Å²) >= 11 is 0. The molecule has 0 radical (unpaired) electrons. The van der Waals surface area contributed by atoms with E-state index in [4.69, 9.17) is 4.74 Å². The Morgan fingerprint density at radius 3 is 2.00 bits per heavy atom. The fourth-order valence-electron chi connectivity index (χ4n) is 6.23. The number of benzene rings is 3. The Balaban J connectivity index is 1.24. The van der Waals surface area contributed by atoms with Crippen LogP contribution >= 0.6 is 0 Å². The maximum absolute atomic E-state index is 13.6. The minimum absolute atomic E-state index is 0.0619. The molecule has 0 aliphatic carbocycles. The number of carbonyl (C=O) groups is 1. The molecule has 0 spiro atoms. The molecule has 0 aromatic heterocycles. The van der Waals surface area contributed by atoms with Crippen molar-refractivity contribution in [3.63, 3.8) is 0 Å². The van der Waals surface area contributed by atoms with Gasteiger partial charge in [-0.2, -0.15) is 0 Å². The first-order chi connectivity index (χ1) is 19.4. The molecule has 212 valence electrons. The highest BCUT2D eigenvalue weighted by Crippen LogP contribution is 2.38. The van der Waals surface area contributed by atoms with E-state index < -0.39 is 6.10 Å². The van der Waals surface area contributed by atoms with E-state index in [1.165, 1.54) is 29.8 Å². The van der Waals surface area contributed by atoms with Gasteiger partial charge in [0, 0.05) is 44.3 Å². The molecule has 40 heavy (non-hydrogen) atoms. The van der Waals surface area contributed by atoms with Gasteiger partial charge in [0.1, 0.15) is 24.3 Å². The van der Waals surface area contributed by atoms with E-state index in [2.05, 4.69) is 54.4 Å². The van der Waals surface area contributed by atoms with Crippen LogP contribution in [0.5, 0.6) is 0 Å². The molecule has 2 fully saturated rings. The number of piperazine rings is 1. The fraction of sp³-hybridized carbons (Fsp3) is 0.424. The second kappa shape index (κ2) is 13.0. The van der Waals surface area contributed by atoms with Gasteiger partial charge < -0.3 is 15.0 Å². The second-order valence-corrected chi connectivity index (χ2v) is 11.1. The van der Waals surface area contributed by atoms with E-state index >= 15 is 0 Å². The standard InChI is InChI=1S/C33H39F2N3O2/c1-23-24(2)38(21-18-36-23)32(25-6-4-3-5-7-25)26-16-19-37(20-17-26)31(39)22-40-33(27-8-12-29(34)13-9-27)28-10-14-30(35)15-11-28/h3-15,23-24,26,32-33,36H,16-22H2,1-2H3. The Bertz CT molecular complexity index is 1190. The minimum atomic E-state index is -0.596. The molecule has 3 atom stereocenters. The van der Waals surface area contributed by atoms with Crippen LogP contribution in [-0.4, -0.2) is 60.6 Å². The number of piperidine rings is 1. The summed E-state index contributed by atoms with van der Waals surface area (Å²) < 4.78 is 33.2. The van der Waals surface area contributed by atoms with Crippen molar-refractivity contribution in [3.05, 3.63) is 107 Å². The van der Waals surface area contributed by atoms with Crippen LogP contribution in [0.4, 0.5) is 8.78 Å². The number of hydrogen-bond acceptors (Lipinski definition) is 4. The summed E-state index contributed by atoms with van der Waals surface area (Å²) in [7, 11) is 0. The van der Waals surface area contributed by atoms with Gasteiger partial charge in [-0.1, -0.05) is 54.6 Å². The third-order valence-electron chi connectivity index (χ3n) is 8.64. The van der Waals surface area contributed by atoms with Gasteiger partial charge in [0.15, 0.2) is 0 Å². The average molecular weight is 548 g/mol. The number of rotatable bonds is 8. The molecule has 5 rings (SSSR count). The number of ether oxygens (including phenoxy) is 1. The maximum atomic E-state index is 13.6. The molecule has 2 saturated heterocycles. The Kier molecular flexibility index (Phi) is 9.25. The Morgan fingerprint density at radius 1 is 0.850 bits per heavy atom. The van der Waals surface area contributed by atoms with Crippen molar-refractivity contribution in [1.29, 1.82) is 0 Å². The molecule has 7 heteroatoms. The van der Waals surface area contributed by atoms with E-state index in [1.807, 2.05) is 4.90 Å². The average Bonchev–Trinajstić information content (AvgIpc) is 2.98. The fourth-order valence-corrected chi connectivity index (χ4v) is 6.23. The quantitative estimate of drug-likeness (QED) is 0.391. The van der Waals surface area contributed by atoms with E-state index in [9.17, 15) is 13.6 Å². The van der Waals surface area contributed by atoms with Crippen molar-refractivity contribution in [2.45, 2.75) is 50.9 Å². The zero-order valence-electron chi connectivity index (χ0n) is 23.3. The van der Waals surface area contributed by atoms with Gasteiger partial charge in [-0.15, -0.1) is 0 Å². The van der Waals surface area contributed by atoms with Crippen molar-refractivity contribution in [1.82, 2.24) is 15.1 Å². The van der Waals surface area contributed by atoms with Crippen LogP contribution in [0, 0.1) is 17.6 Å². The van der Waals surface area contributed by atoms with Crippen LogP contribution in [-0.2, 0) is 9.53 Å². The molecule has 0 bridgehead atoms. The van der Waals surface area contributed by atoms with Crippen LogP contribution in [0.25, 0.3) is 0 Å². The van der Waals surface area contributed by atoms with Gasteiger partial charge in [0.05, 0.1) is 0 Å². The summed E-state index contributed by atoms with van der Waals surface area (Å²) in [5, 5.41) is 3.60. The maximum Gasteiger partial charge on any atom is 0.248 e. The zero-order chi connectivity index (χ0) is 28.1. The molecule has 2 aliphatic rings.